The molecule has 0 heterocycles. The van der Waals surface area contributed by atoms with E-state index in [2.05, 4.69) is 28.2 Å². The van der Waals surface area contributed by atoms with Gasteiger partial charge in [0.05, 0.1) is 10.0 Å². The largest absolute Gasteiger partial charge is 0.488 e. The Labute approximate surface area is 143 Å². The third-order valence-electron chi connectivity index (χ3n) is 3.29. The topological polar surface area (TPSA) is 21.3 Å². The van der Waals surface area contributed by atoms with Gasteiger partial charge in [-0.2, -0.15) is 0 Å². The SMILES string of the molecule is CNC(C)c1ccc(Br)cc1OCc1cccc(Cl)c1Cl. The molecule has 21 heavy (non-hydrogen) atoms. The van der Waals surface area contributed by atoms with Crippen LogP contribution in [0.5, 0.6) is 5.75 Å². The van der Waals surface area contributed by atoms with Gasteiger partial charge in [0.25, 0.3) is 0 Å². The van der Waals surface area contributed by atoms with Crippen molar-refractivity contribution >= 4 is 39.1 Å². The molecule has 0 saturated heterocycles. The Kier molecular flexibility index (Phi) is 5.94. The Morgan fingerprint density at radius 1 is 1.24 bits per heavy atom. The Morgan fingerprint density at radius 2 is 2.00 bits per heavy atom. The standard InChI is InChI=1S/C16H16BrCl2NO/c1-10(20-2)13-7-6-12(17)8-15(13)21-9-11-4-3-5-14(18)16(11)19/h3-8,10,20H,9H2,1-2H3. The fraction of sp³-hybridized carbons (Fsp3) is 0.250. The minimum Gasteiger partial charge on any atom is -0.488 e. The van der Waals surface area contributed by atoms with Crippen LogP contribution in [0.4, 0.5) is 0 Å². The summed E-state index contributed by atoms with van der Waals surface area (Å²) in [7, 11) is 1.92. The molecule has 2 aromatic carbocycles. The summed E-state index contributed by atoms with van der Waals surface area (Å²) in [4.78, 5) is 0. The van der Waals surface area contributed by atoms with Crippen molar-refractivity contribution in [2.24, 2.45) is 0 Å². The van der Waals surface area contributed by atoms with E-state index in [-0.39, 0.29) is 6.04 Å². The van der Waals surface area contributed by atoms with Crippen LogP contribution >= 0.6 is 39.1 Å². The molecule has 0 aliphatic heterocycles. The molecule has 5 heteroatoms. The lowest BCUT2D eigenvalue weighted by molar-refractivity contribution is 0.300. The van der Waals surface area contributed by atoms with Crippen molar-refractivity contribution in [1.82, 2.24) is 5.32 Å². The van der Waals surface area contributed by atoms with Crippen LogP contribution in [-0.4, -0.2) is 7.05 Å². The summed E-state index contributed by atoms with van der Waals surface area (Å²) in [5, 5.41) is 4.29. The van der Waals surface area contributed by atoms with E-state index in [1.54, 1.807) is 6.07 Å². The zero-order valence-electron chi connectivity index (χ0n) is 11.8. The molecule has 0 saturated carbocycles. The summed E-state index contributed by atoms with van der Waals surface area (Å²) >= 11 is 15.7. The highest BCUT2D eigenvalue weighted by Crippen LogP contribution is 2.31. The lowest BCUT2D eigenvalue weighted by Crippen LogP contribution is -2.13. The maximum Gasteiger partial charge on any atom is 0.125 e. The lowest BCUT2D eigenvalue weighted by atomic mass is 10.1. The van der Waals surface area contributed by atoms with Gasteiger partial charge in [-0.25, -0.2) is 0 Å². The summed E-state index contributed by atoms with van der Waals surface area (Å²) in [5.74, 6) is 0.822. The Hall–Kier alpha value is -0.740. The quantitative estimate of drug-likeness (QED) is 0.718. The van der Waals surface area contributed by atoms with Gasteiger partial charge in [0, 0.05) is 21.6 Å². The molecule has 0 fully saturated rings. The molecule has 0 amide bonds. The van der Waals surface area contributed by atoms with E-state index in [1.165, 1.54) is 0 Å². The van der Waals surface area contributed by atoms with Gasteiger partial charge in [0.1, 0.15) is 12.4 Å². The van der Waals surface area contributed by atoms with Crippen molar-refractivity contribution in [3.8, 4) is 5.75 Å². The van der Waals surface area contributed by atoms with Crippen LogP contribution in [0.1, 0.15) is 24.1 Å². The van der Waals surface area contributed by atoms with E-state index in [1.807, 2.05) is 37.4 Å². The predicted octanol–water partition coefficient (Wildman–Crippen LogP) is 5.62. The molecule has 2 aromatic rings. The number of nitrogens with one attached hydrogen (secondary N) is 1. The molecule has 112 valence electrons. The van der Waals surface area contributed by atoms with Crippen molar-refractivity contribution in [1.29, 1.82) is 0 Å². The first-order valence-corrected chi connectivity index (χ1v) is 8.10. The van der Waals surface area contributed by atoms with Crippen molar-refractivity contribution in [2.75, 3.05) is 7.05 Å². The second kappa shape index (κ2) is 7.50. The Bertz CT molecular complexity index is 634. The van der Waals surface area contributed by atoms with E-state index >= 15 is 0 Å². The lowest BCUT2D eigenvalue weighted by Gasteiger charge is -2.17. The molecule has 0 aliphatic carbocycles. The third-order valence-corrected chi connectivity index (χ3v) is 4.64. The highest BCUT2D eigenvalue weighted by molar-refractivity contribution is 9.10. The van der Waals surface area contributed by atoms with Crippen LogP contribution in [0.25, 0.3) is 0 Å². The van der Waals surface area contributed by atoms with E-state index in [0.717, 1.165) is 21.3 Å². The van der Waals surface area contributed by atoms with E-state index in [9.17, 15) is 0 Å². The molecular weight excluding hydrogens is 373 g/mol. The molecular formula is C16H16BrCl2NO. The van der Waals surface area contributed by atoms with Gasteiger partial charge in [0.15, 0.2) is 0 Å². The van der Waals surface area contributed by atoms with Gasteiger partial charge < -0.3 is 10.1 Å². The van der Waals surface area contributed by atoms with E-state index in [0.29, 0.717) is 16.7 Å². The summed E-state index contributed by atoms with van der Waals surface area (Å²) in [6.45, 7) is 2.46. The molecule has 2 rings (SSSR count). The van der Waals surface area contributed by atoms with Crippen molar-refractivity contribution < 1.29 is 4.74 Å². The third kappa shape index (κ3) is 4.13. The molecule has 0 aromatic heterocycles. The summed E-state index contributed by atoms with van der Waals surface area (Å²) in [5.41, 5.74) is 1.96. The molecule has 2 nitrogen and oxygen atoms in total. The first-order valence-electron chi connectivity index (χ1n) is 6.55. The molecule has 1 N–H and O–H groups in total. The van der Waals surface area contributed by atoms with Gasteiger partial charge in [-0.3, -0.25) is 0 Å². The molecule has 0 radical (unpaired) electrons. The Balaban J connectivity index is 2.23. The van der Waals surface area contributed by atoms with Crippen molar-refractivity contribution in [3.63, 3.8) is 0 Å². The second-order valence-electron chi connectivity index (χ2n) is 4.69. The first-order chi connectivity index (χ1) is 10.0. The zero-order chi connectivity index (χ0) is 15.4. The minimum atomic E-state index is 0.197. The molecule has 0 bridgehead atoms. The van der Waals surface area contributed by atoms with Crippen LogP contribution in [0.3, 0.4) is 0 Å². The van der Waals surface area contributed by atoms with Gasteiger partial charge in [0.2, 0.25) is 0 Å². The molecule has 0 aliphatic rings. The predicted molar refractivity (Wildman–Crippen MR) is 92.4 cm³/mol. The number of benzene rings is 2. The molecule has 1 unspecified atom stereocenters. The van der Waals surface area contributed by atoms with Gasteiger partial charge >= 0.3 is 0 Å². The fourth-order valence-corrected chi connectivity index (χ4v) is 2.68. The molecule has 1 atom stereocenters. The highest BCUT2D eigenvalue weighted by atomic mass is 79.9. The van der Waals surface area contributed by atoms with Crippen molar-refractivity contribution in [3.05, 3.63) is 62.0 Å². The maximum absolute atomic E-state index is 6.19. The summed E-state index contributed by atoms with van der Waals surface area (Å²) < 4.78 is 6.92. The van der Waals surface area contributed by atoms with Crippen molar-refractivity contribution in [2.45, 2.75) is 19.6 Å². The number of halogens is 3. The summed E-state index contributed by atoms with van der Waals surface area (Å²) in [6, 6.07) is 11.7. The Morgan fingerprint density at radius 3 is 2.71 bits per heavy atom. The van der Waals surface area contributed by atoms with E-state index < -0.39 is 0 Å². The van der Waals surface area contributed by atoms with E-state index in [4.69, 9.17) is 27.9 Å². The van der Waals surface area contributed by atoms with Crippen LogP contribution in [0.15, 0.2) is 40.9 Å². The fourth-order valence-electron chi connectivity index (χ4n) is 1.96. The average Bonchev–Trinajstić information content (AvgIpc) is 2.48. The smallest absolute Gasteiger partial charge is 0.125 e. The van der Waals surface area contributed by atoms with Crippen LogP contribution in [-0.2, 0) is 6.61 Å². The minimum absolute atomic E-state index is 0.197. The second-order valence-corrected chi connectivity index (χ2v) is 6.39. The van der Waals surface area contributed by atoms with Gasteiger partial charge in [-0.1, -0.05) is 57.3 Å². The zero-order valence-corrected chi connectivity index (χ0v) is 14.9. The molecule has 0 spiro atoms. The number of rotatable bonds is 5. The summed E-state index contributed by atoms with van der Waals surface area (Å²) in [6.07, 6.45) is 0. The van der Waals surface area contributed by atoms with Crippen LogP contribution in [0, 0.1) is 0 Å². The average molecular weight is 389 g/mol. The number of hydrogen-bond acceptors (Lipinski definition) is 2. The van der Waals surface area contributed by atoms with Gasteiger partial charge in [-0.05, 0) is 32.2 Å². The van der Waals surface area contributed by atoms with Crippen LogP contribution < -0.4 is 10.1 Å². The number of hydrogen-bond donors (Lipinski definition) is 1. The normalized spacial score (nSPS) is 12.2. The highest BCUT2D eigenvalue weighted by Gasteiger charge is 2.12. The van der Waals surface area contributed by atoms with Gasteiger partial charge in [-0.15, -0.1) is 0 Å². The number of ether oxygens (including phenoxy) is 1. The van der Waals surface area contributed by atoms with Crippen LogP contribution in [0.2, 0.25) is 10.0 Å². The monoisotopic (exact) mass is 387 g/mol. The maximum atomic E-state index is 6.19. The first kappa shape index (κ1) is 16.6.